The van der Waals surface area contributed by atoms with Gasteiger partial charge in [-0.3, -0.25) is 4.79 Å². The van der Waals surface area contributed by atoms with Crippen LogP contribution in [0.3, 0.4) is 0 Å². The van der Waals surface area contributed by atoms with Gasteiger partial charge >= 0.3 is 12.1 Å². The van der Waals surface area contributed by atoms with E-state index >= 15 is 0 Å². The standard InChI is InChI=1S/C15H15F3N4O3S/c1-3-25-12(23)11-10(8-4-6-9(24-2)7-5-8)21-22-13(15(16,17)18)19-20-14(22)26-11/h4-7,10-11,21H,3H2,1-2H3/t10-,11-/m1/s1. The number of alkyl halides is 3. The van der Waals surface area contributed by atoms with E-state index in [2.05, 4.69) is 15.6 Å². The van der Waals surface area contributed by atoms with Gasteiger partial charge in [-0.2, -0.15) is 13.2 Å². The quantitative estimate of drug-likeness (QED) is 0.807. The van der Waals surface area contributed by atoms with Crippen LogP contribution in [0.5, 0.6) is 5.75 Å². The zero-order valence-corrected chi connectivity index (χ0v) is 14.6. The Bertz CT molecular complexity index is 794. The predicted octanol–water partition coefficient (Wildman–Crippen LogP) is 2.63. The normalized spacial score (nSPS) is 19.4. The topological polar surface area (TPSA) is 78.3 Å². The Kier molecular flexibility index (Phi) is 4.99. The van der Waals surface area contributed by atoms with Crippen molar-refractivity contribution in [2.24, 2.45) is 0 Å². The van der Waals surface area contributed by atoms with E-state index < -0.39 is 29.3 Å². The molecule has 3 rings (SSSR count). The molecule has 1 aliphatic heterocycles. The van der Waals surface area contributed by atoms with Crippen molar-refractivity contribution in [2.75, 3.05) is 19.1 Å². The van der Waals surface area contributed by atoms with Gasteiger partial charge in [0.15, 0.2) is 0 Å². The summed E-state index contributed by atoms with van der Waals surface area (Å²) in [7, 11) is 1.50. The third-order valence-electron chi connectivity index (χ3n) is 3.68. The lowest BCUT2D eigenvalue weighted by atomic mass is 10.0. The number of nitrogens with zero attached hydrogens (tertiary/aromatic N) is 3. The highest BCUT2D eigenvalue weighted by Crippen LogP contribution is 2.40. The van der Waals surface area contributed by atoms with Crippen LogP contribution in [0, 0.1) is 0 Å². The summed E-state index contributed by atoms with van der Waals surface area (Å²) in [6.07, 6.45) is -4.68. The molecule has 0 spiro atoms. The van der Waals surface area contributed by atoms with Gasteiger partial charge in [-0.1, -0.05) is 23.9 Å². The summed E-state index contributed by atoms with van der Waals surface area (Å²) in [4.78, 5) is 12.3. The second kappa shape index (κ2) is 7.06. The van der Waals surface area contributed by atoms with E-state index in [4.69, 9.17) is 9.47 Å². The predicted molar refractivity (Wildman–Crippen MR) is 86.4 cm³/mol. The first-order valence-electron chi connectivity index (χ1n) is 7.61. The van der Waals surface area contributed by atoms with Crippen LogP contribution >= 0.6 is 11.8 Å². The van der Waals surface area contributed by atoms with Crippen molar-refractivity contribution in [3.8, 4) is 5.75 Å². The number of fused-ring (bicyclic) bond motifs is 1. The number of benzene rings is 1. The van der Waals surface area contributed by atoms with Crippen molar-refractivity contribution in [3.05, 3.63) is 35.7 Å². The Labute approximate surface area is 150 Å². The van der Waals surface area contributed by atoms with Gasteiger partial charge in [-0.15, -0.1) is 10.2 Å². The van der Waals surface area contributed by atoms with Crippen LogP contribution in [-0.2, 0) is 15.7 Å². The highest BCUT2D eigenvalue weighted by atomic mass is 32.2. The Balaban J connectivity index is 2.00. The second-order valence-corrected chi connectivity index (χ2v) is 6.42. The van der Waals surface area contributed by atoms with Crippen molar-refractivity contribution in [2.45, 2.75) is 29.5 Å². The minimum Gasteiger partial charge on any atom is -0.497 e. The van der Waals surface area contributed by atoms with Crippen LogP contribution in [-0.4, -0.2) is 39.8 Å². The molecule has 0 fully saturated rings. The number of carbonyl (C=O) groups excluding carboxylic acids is 1. The van der Waals surface area contributed by atoms with Gasteiger partial charge in [0.05, 0.1) is 19.8 Å². The van der Waals surface area contributed by atoms with Crippen molar-refractivity contribution >= 4 is 17.7 Å². The SMILES string of the molecule is CCOC(=O)[C@@H]1Sc2nnc(C(F)(F)F)n2N[C@@H]1c1ccc(OC)cc1. The molecule has 1 aromatic heterocycles. The molecule has 0 bridgehead atoms. The zero-order chi connectivity index (χ0) is 18.9. The lowest BCUT2D eigenvalue weighted by molar-refractivity contribution is -0.147. The molecule has 1 aliphatic rings. The van der Waals surface area contributed by atoms with Crippen LogP contribution in [0.1, 0.15) is 24.4 Å². The van der Waals surface area contributed by atoms with Crippen molar-refractivity contribution in [1.82, 2.24) is 14.9 Å². The van der Waals surface area contributed by atoms with Gasteiger partial charge in [-0.05, 0) is 24.6 Å². The number of hydrogen-bond donors (Lipinski definition) is 1. The van der Waals surface area contributed by atoms with E-state index in [9.17, 15) is 18.0 Å². The third kappa shape index (κ3) is 3.43. The summed E-state index contributed by atoms with van der Waals surface area (Å²) in [6.45, 7) is 1.82. The molecule has 0 amide bonds. The Morgan fingerprint density at radius 1 is 1.31 bits per heavy atom. The van der Waals surface area contributed by atoms with E-state index in [1.54, 1.807) is 31.2 Å². The van der Waals surface area contributed by atoms with Gasteiger partial charge in [0.1, 0.15) is 11.0 Å². The third-order valence-corrected chi connectivity index (χ3v) is 4.88. The first-order chi connectivity index (χ1) is 12.3. The van der Waals surface area contributed by atoms with E-state index in [0.717, 1.165) is 16.4 Å². The summed E-state index contributed by atoms with van der Waals surface area (Å²) >= 11 is 0.876. The van der Waals surface area contributed by atoms with Gasteiger partial charge in [0, 0.05) is 0 Å². The highest BCUT2D eigenvalue weighted by molar-refractivity contribution is 8.00. The molecule has 2 heterocycles. The minimum atomic E-state index is -4.68. The maximum atomic E-state index is 13.1. The first kappa shape index (κ1) is 18.4. The summed E-state index contributed by atoms with van der Waals surface area (Å²) in [5.74, 6) is -1.14. The number of halogens is 3. The maximum Gasteiger partial charge on any atom is 0.453 e. The molecule has 0 radical (unpaired) electrons. The minimum absolute atomic E-state index is 0.0554. The fourth-order valence-electron chi connectivity index (χ4n) is 2.50. The number of hydrogen-bond acceptors (Lipinski definition) is 7. The molecule has 0 saturated carbocycles. The zero-order valence-electron chi connectivity index (χ0n) is 13.8. The number of aromatic nitrogens is 3. The molecule has 2 atom stereocenters. The summed E-state index contributed by atoms with van der Waals surface area (Å²) in [6, 6.07) is 5.90. The summed E-state index contributed by atoms with van der Waals surface area (Å²) in [5, 5.41) is 5.86. The number of ether oxygens (including phenoxy) is 2. The number of carbonyl (C=O) groups is 1. The maximum absolute atomic E-state index is 13.1. The molecule has 140 valence electrons. The van der Waals surface area contributed by atoms with Crippen molar-refractivity contribution in [1.29, 1.82) is 0 Å². The van der Waals surface area contributed by atoms with Gasteiger partial charge in [0.2, 0.25) is 5.16 Å². The molecule has 0 unspecified atom stereocenters. The van der Waals surface area contributed by atoms with Crippen molar-refractivity contribution in [3.63, 3.8) is 0 Å². The van der Waals surface area contributed by atoms with Crippen LogP contribution in [0.25, 0.3) is 0 Å². The van der Waals surface area contributed by atoms with Gasteiger partial charge in [-0.25, -0.2) is 4.68 Å². The molecule has 26 heavy (non-hydrogen) atoms. The van der Waals surface area contributed by atoms with Gasteiger partial charge in [0.25, 0.3) is 5.82 Å². The van der Waals surface area contributed by atoms with Crippen LogP contribution in [0.2, 0.25) is 0 Å². The second-order valence-electron chi connectivity index (χ2n) is 5.31. The fraction of sp³-hybridized carbons (Fsp3) is 0.400. The van der Waals surface area contributed by atoms with Crippen LogP contribution < -0.4 is 10.2 Å². The van der Waals surface area contributed by atoms with Crippen LogP contribution in [0.15, 0.2) is 29.4 Å². The van der Waals surface area contributed by atoms with E-state index in [-0.39, 0.29) is 11.8 Å². The Hall–Kier alpha value is -2.43. The average molecular weight is 388 g/mol. The summed E-state index contributed by atoms with van der Waals surface area (Å²) < 4.78 is 50.3. The molecule has 0 saturated heterocycles. The average Bonchev–Trinajstić information content (AvgIpc) is 3.04. The lowest BCUT2D eigenvalue weighted by Crippen LogP contribution is -2.40. The Morgan fingerprint density at radius 3 is 2.58 bits per heavy atom. The number of methoxy groups -OCH3 is 1. The molecule has 0 aliphatic carbocycles. The van der Waals surface area contributed by atoms with Crippen LogP contribution in [0.4, 0.5) is 13.2 Å². The molecule has 1 N–H and O–H groups in total. The number of nitrogens with one attached hydrogen (secondary N) is 1. The number of thioether (sulfide) groups is 1. The monoisotopic (exact) mass is 388 g/mol. The van der Waals surface area contributed by atoms with E-state index in [1.165, 1.54) is 7.11 Å². The molecule has 2 aromatic rings. The molecular weight excluding hydrogens is 373 g/mol. The lowest BCUT2D eigenvalue weighted by Gasteiger charge is -2.32. The fourth-order valence-corrected chi connectivity index (χ4v) is 3.58. The highest BCUT2D eigenvalue weighted by Gasteiger charge is 2.44. The summed E-state index contributed by atoms with van der Waals surface area (Å²) in [5.41, 5.74) is 3.31. The first-order valence-corrected chi connectivity index (χ1v) is 8.49. The smallest absolute Gasteiger partial charge is 0.453 e. The van der Waals surface area contributed by atoms with Gasteiger partial charge < -0.3 is 14.9 Å². The largest absolute Gasteiger partial charge is 0.497 e. The van der Waals surface area contributed by atoms with E-state index in [0.29, 0.717) is 11.3 Å². The number of esters is 1. The Morgan fingerprint density at radius 2 is 2.00 bits per heavy atom. The van der Waals surface area contributed by atoms with Crippen molar-refractivity contribution < 1.29 is 27.4 Å². The molecule has 7 nitrogen and oxygen atoms in total. The molecular formula is C15H15F3N4O3S. The number of rotatable bonds is 4. The molecule has 1 aromatic carbocycles. The molecule has 11 heteroatoms. The van der Waals surface area contributed by atoms with E-state index in [1.807, 2.05) is 0 Å².